The maximum atomic E-state index is 2.56. The van der Waals surface area contributed by atoms with Crippen LogP contribution < -0.4 is 0 Å². The van der Waals surface area contributed by atoms with Crippen LogP contribution in [0.1, 0.15) is 50.7 Å². The molecular weight excluding hydrogens is 701 g/mol. The normalized spacial score (nSPS) is 12.8. The Hall–Kier alpha value is -6.90. The van der Waals surface area contributed by atoms with E-state index in [1.54, 1.807) is 0 Å². The summed E-state index contributed by atoms with van der Waals surface area (Å²) in [5, 5.41) is 15.7. The fraction of sp³-hybridized carbons (Fsp3) is 0.107. The van der Waals surface area contributed by atoms with Crippen molar-refractivity contribution in [2.75, 3.05) is 0 Å². The number of benzene rings is 9. The van der Waals surface area contributed by atoms with E-state index in [1.807, 2.05) is 0 Å². The van der Waals surface area contributed by atoms with Crippen LogP contribution in [0.5, 0.6) is 0 Å². The van der Waals surface area contributed by atoms with Crippen molar-refractivity contribution in [3.63, 3.8) is 0 Å². The van der Waals surface area contributed by atoms with Gasteiger partial charge in [0.25, 0.3) is 0 Å². The molecule has 0 fully saturated rings. The van der Waals surface area contributed by atoms with E-state index >= 15 is 0 Å². The number of nitrogens with zero attached hydrogens (tertiary/aromatic N) is 2. The zero-order valence-corrected chi connectivity index (χ0v) is 33.1. The molecule has 0 aliphatic heterocycles. The molecule has 0 N–H and O–H groups in total. The van der Waals surface area contributed by atoms with Gasteiger partial charge in [0.05, 0.1) is 33.1 Å². The van der Waals surface area contributed by atoms with Crippen LogP contribution >= 0.6 is 0 Å². The summed E-state index contributed by atoms with van der Waals surface area (Å²) >= 11 is 0. The van der Waals surface area contributed by atoms with Crippen LogP contribution in [-0.4, -0.2) is 8.80 Å². The van der Waals surface area contributed by atoms with Gasteiger partial charge in [-0.15, -0.1) is 0 Å². The van der Waals surface area contributed by atoms with Crippen molar-refractivity contribution in [2.24, 2.45) is 0 Å². The molecule has 0 bridgehead atoms. The summed E-state index contributed by atoms with van der Waals surface area (Å²) in [6, 6.07) is 60.2. The minimum Gasteiger partial charge on any atom is -0.308 e. The van der Waals surface area contributed by atoms with Crippen LogP contribution in [0.4, 0.5) is 0 Å². The van der Waals surface area contributed by atoms with Crippen molar-refractivity contribution in [1.82, 2.24) is 8.80 Å². The number of fused-ring (bicyclic) bond motifs is 14. The first-order valence-electron chi connectivity index (χ1n) is 20.8. The third kappa shape index (κ3) is 3.97. The van der Waals surface area contributed by atoms with E-state index in [0.717, 1.165) is 0 Å². The van der Waals surface area contributed by atoms with Gasteiger partial charge in [0.1, 0.15) is 0 Å². The predicted molar refractivity (Wildman–Crippen MR) is 250 cm³/mol. The van der Waals surface area contributed by atoms with Crippen molar-refractivity contribution in [3.05, 3.63) is 169 Å². The SMILES string of the molecule is CC(C)c1ccccc1-c1c2cc3c4cccc5c6ccccc6n(c3cc2c(-c2ccccc2C(C)C)c2cc3c6cccc7c8ccccc8n(c3cc12)c76)c54. The number of para-hydroxylation sites is 4. The zero-order chi connectivity index (χ0) is 38.6. The van der Waals surface area contributed by atoms with E-state index in [-0.39, 0.29) is 0 Å². The summed E-state index contributed by atoms with van der Waals surface area (Å²) in [6.07, 6.45) is 0. The molecule has 58 heavy (non-hydrogen) atoms. The van der Waals surface area contributed by atoms with Gasteiger partial charge in [0.2, 0.25) is 0 Å². The molecule has 274 valence electrons. The highest BCUT2D eigenvalue weighted by atomic mass is 14.9. The maximum Gasteiger partial charge on any atom is 0.0620 e. The third-order valence-corrected chi connectivity index (χ3v) is 13.5. The number of hydrogen-bond acceptors (Lipinski definition) is 0. The summed E-state index contributed by atoms with van der Waals surface area (Å²) in [4.78, 5) is 0. The van der Waals surface area contributed by atoms with E-state index in [2.05, 4.69) is 194 Å². The average Bonchev–Trinajstić information content (AvgIpc) is 3.98. The van der Waals surface area contributed by atoms with Gasteiger partial charge in [0.15, 0.2) is 0 Å². The fourth-order valence-corrected chi connectivity index (χ4v) is 11.1. The molecule has 2 nitrogen and oxygen atoms in total. The molecule has 9 aromatic carbocycles. The van der Waals surface area contributed by atoms with Crippen LogP contribution in [0.25, 0.3) is 120 Å². The molecular formula is C56H40N2. The third-order valence-electron chi connectivity index (χ3n) is 13.5. The molecule has 0 saturated heterocycles. The van der Waals surface area contributed by atoms with Crippen molar-refractivity contribution in [3.8, 4) is 22.3 Å². The quantitative estimate of drug-likeness (QED) is 0.159. The molecule has 0 saturated carbocycles. The second kappa shape index (κ2) is 11.4. The zero-order valence-electron chi connectivity index (χ0n) is 33.1. The topological polar surface area (TPSA) is 8.82 Å². The molecule has 4 heterocycles. The maximum absolute atomic E-state index is 2.56. The van der Waals surface area contributed by atoms with Crippen LogP contribution in [0, 0.1) is 0 Å². The first kappa shape index (κ1) is 32.2. The Kier molecular flexibility index (Phi) is 6.31. The molecule has 0 aliphatic rings. The van der Waals surface area contributed by atoms with Gasteiger partial charge in [-0.25, -0.2) is 0 Å². The lowest BCUT2D eigenvalue weighted by molar-refractivity contribution is 0.869. The second-order valence-electron chi connectivity index (χ2n) is 17.2. The fourth-order valence-electron chi connectivity index (χ4n) is 11.1. The van der Waals surface area contributed by atoms with E-state index in [0.29, 0.717) is 11.8 Å². The first-order valence-corrected chi connectivity index (χ1v) is 20.8. The lowest BCUT2D eigenvalue weighted by Gasteiger charge is -2.23. The Morgan fingerprint density at radius 3 is 1.07 bits per heavy atom. The second-order valence-corrected chi connectivity index (χ2v) is 17.2. The van der Waals surface area contributed by atoms with Gasteiger partial charge in [0, 0.05) is 43.1 Å². The van der Waals surface area contributed by atoms with Crippen molar-refractivity contribution < 1.29 is 0 Å². The van der Waals surface area contributed by atoms with E-state index in [1.165, 1.54) is 131 Å². The van der Waals surface area contributed by atoms with Gasteiger partial charge in [-0.2, -0.15) is 0 Å². The summed E-state index contributed by atoms with van der Waals surface area (Å²) in [6.45, 7) is 9.35. The Bertz CT molecular complexity index is 3600. The molecule has 2 heteroatoms. The van der Waals surface area contributed by atoms with Gasteiger partial charge in [-0.3, -0.25) is 0 Å². The standard InChI is InChI=1S/C56H40N2/c1-31(2)33-15-5-7-19-37(33)53-45-27-43-41-23-13-21-39-36-18-10-12-26-50(36)58(55(39)41)52(43)30-48(45)54(38-20-8-6-16-34(38)32(3)4)46-28-44-42-24-14-22-40-35-17-9-11-25-49(35)57(56(40)42)51(44)29-47(46)53/h5-32H,1-4H3. The molecule has 13 aromatic rings. The molecule has 0 unspecified atom stereocenters. The average molecular weight is 741 g/mol. The Balaban J connectivity index is 1.34. The summed E-state index contributed by atoms with van der Waals surface area (Å²) < 4.78 is 5.08. The molecule has 0 spiro atoms. The van der Waals surface area contributed by atoms with Crippen molar-refractivity contribution in [2.45, 2.75) is 39.5 Å². The van der Waals surface area contributed by atoms with Gasteiger partial charge in [-0.05, 0) is 103 Å². The molecule has 13 rings (SSSR count). The number of hydrogen-bond donors (Lipinski definition) is 0. The Morgan fingerprint density at radius 1 is 0.293 bits per heavy atom. The first-order chi connectivity index (χ1) is 28.5. The molecule has 0 aliphatic carbocycles. The highest BCUT2D eigenvalue weighted by molar-refractivity contribution is 6.32. The van der Waals surface area contributed by atoms with Crippen LogP contribution in [0.15, 0.2) is 158 Å². The molecule has 0 radical (unpaired) electrons. The lowest BCUT2D eigenvalue weighted by Crippen LogP contribution is -1.98. The highest BCUT2D eigenvalue weighted by Gasteiger charge is 2.26. The highest BCUT2D eigenvalue weighted by Crippen LogP contribution is 2.51. The van der Waals surface area contributed by atoms with Gasteiger partial charge < -0.3 is 8.80 Å². The smallest absolute Gasteiger partial charge is 0.0620 e. The lowest BCUT2D eigenvalue weighted by atomic mass is 9.80. The minimum atomic E-state index is 0.352. The van der Waals surface area contributed by atoms with Crippen molar-refractivity contribution >= 4 is 97.7 Å². The summed E-state index contributed by atoms with van der Waals surface area (Å²) in [5.41, 5.74) is 15.7. The summed E-state index contributed by atoms with van der Waals surface area (Å²) in [5.74, 6) is 0.703. The monoisotopic (exact) mass is 740 g/mol. The number of rotatable bonds is 4. The molecule has 0 atom stereocenters. The van der Waals surface area contributed by atoms with Gasteiger partial charge >= 0.3 is 0 Å². The van der Waals surface area contributed by atoms with E-state index in [4.69, 9.17) is 0 Å². The summed E-state index contributed by atoms with van der Waals surface area (Å²) in [7, 11) is 0. The van der Waals surface area contributed by atoms with Crippen molar-refractivity contribution in [1.29, 1.82) is 0 Å². The predicted octanol–water partition coefficient (Wildman–Crippen LogP) is 15.9. The Labute approximate surface area is 335 Å². The molecule has 4 aromatic heterocycles. The van der Waals surface area contributed by atoms with Crippen LogP contribution in [0.2, 0.25) is 0 Å². The van der Waals surface area contributed by atoms with Crippen LogP contribution in [-0.2, 0) is 0 Å². The largest absolute Gasteiger partial charge is 0.308 e. The van der Waals surface area contributed by atoms with E-state index < -0.39 is 0 Å². The number of aromatic nitrogens is 2. The Morgan fingerprint density at radius 2 is 0.638 bits per heavy atom. The molecule has 0 amide bonds. The van der Waals surface area contributed by atoms with E-state index in [9.17, 15) is 0 Å². The minimum absolute atomic E-state index is 0.352. The van der Waals surface area contributed by atoms with Crippen LogP contribution in [0.3, 0.4) is 0 Å². The van der Waals surface area contributed by atoms with Gasteiger partial charge in [-0.1, -0.05) is 149 Å².